The molecule has 1 aliphatic rings. The number of rotatable bonds is 1. The van der Waals surface area contributed by atoms with Crippen molar-refractivity contribution in [2.75, 3.05) is 0 Å². The first kappa shape index (κ1) is 13.5. The number of benzene rings is 1. The molecule has 2 N–H and O–H groups in total. The lowest BCUT2D eigenvalue weighted by Gasteiger charge is -2.37. The summed E-state index contributed by atoms with van der Waals surface area (Å²) >= 11 is 0. The molecule has 0 spiro atoms. The lowest BCUT2D eigenvalue weighted by molar-refractivity contribution is -0.223. The lowest BCUT2D eigenvalue weighted by Crippen LogP contribution is -2.52. The van der Waals surface area contributed by atoms with Crippen LogP contribution in [0.2, 0.25) is 0 Å². The van der Waals surface area contributed by atoms with Gasteiger partial charge in [-0.25, -0.2) is 0 Å². The molecule has 0 saturated carbocycles. The molecule has 0 bridgehead atoms. The molecule has 2 rings (SSSR count). The molecule has 4 nitrogen and oxygen atoms in total. The maximum absolute atomic E-state index is 10.4. The Morgan fingerprint density at radius 1 is 0.889 bits per heavy atom. The van der Waals surface area contributed by atoms with E-state index in [1.165, 1.54) is 10.1 Å². The van der Waals surface area contributed by atoms with Crippen molar-refractivity contribution in [3.05, 3.63) is 35.4 Å². The Morgan fingerprint density at radius 2 is 1.28 bits per heavy atom. The van der Waals surface area contributed by atoms with Crippen LogP contribution in [0.25, 0.3) is 0 Å². The molecule has 1 fully saturated rings. The number of aryl methyl sites for hydroxylation is 1. The maximum atomic E-state index is 10.4. The van der Waals surface area contributed by atoms with E-state index in [4.69, 9.17) is 0 Å². The lowest BCUT2D eigenvalue weighted by atomic mass is 9.84. The number of nitrogens with zero attached hydrogens (tertiary/aromatic N) is 2. The van der Waals surface area contributed by atoms with Gasteiger partial charge < -0.3 is 10.4 Å². The average molecular weight is 250 g/mol. The van der Waals surface area contributed by atoms with Gasteiger partial charge in [-0.3, -0.25) is 0 Å². The number of hydrogen-bond donors (Lipinski definition) is 2. The van der Waals surface area contributed by atoms with Crippen molar-refractivity contribution in [1.29, 1.82) is 0 Å². The molecule has 18 heavy (non-hydrogen) atoms. The maximum Gasteiger partial charge on any atom is 0.136 e. The van der Waals surface area contributed by atoms with Gasteiger partial charge in [0.1, 0.15) is 6.17 Å². The smallest absolute Gasteiger partial charge is 0.136 e. The quantitative estimate of drug-likeness (QED) is 0.804. The summed E-state index contributed by atoms with van der Waals surface area (Å²) in [6.45, 7) is 9.70. The fraction of sp³-hybridized carbons (Fsp3) is 0.571. The Morgan fingerprint density at radius 3 is 1.67 bits per heavy atom. The van der Waals surface area contributed by atoms with Crippen LogP contribution in [0.3, 0.4) is 0 Å². The van der Waals surface area contributed by atoms with Gasteiger partial charge in [0, 0.05) is 0 Å². The molecule has 0 aromatic heterocycles. The Hall–Kier alpha value is -0.940. The zero-order chi connectivity index (χ0) is 13.7. The predicted octanol–water partition coefficient (Wildman–Crippen LogP) is 2.95. The second-order valence-electron chi connectivity index (χ2n) is 6.09. The zero-order valence-electron chi connectivity index (χ0n) is 11.7. The van der Waals surface area contributed by atoms with Crippen LogP contribution in [0, 0.1) is 6.92 Å². The highest BCUT2D eigenvalue weighted by Crippen LogP contribution is 2.47. The average Bonchev–Trinajstić information content (AvgIpc) is 2.41. The normalized spacial score (nSPS) is 24.6. The summed E-state index contributed by atoms with van der Waals surface area (Å²) < 4.78 is 0. The van der Waals surface area contributed by atoms with Gasteiger partial charge in [-0.05, 0) is 40.2 Å². The summed E-state index contributed by atoms with van der Waals surface area (Å²) in [6.07, 6.45) is -0.532. The zero-order valence-corrected chi connectivity index (χ0v) is 11.7. The summed E-state index contributed by atoms with van der Waals surface area (Å²) in [5.41, 5.74) is 0.947. The van der Waals surface area contributed by atoms with E-state index in [0.29, 0.717) is 0 Å². The van der Waals surface area contributed by atoms with Crippen molar-refractivity contribution in [2.45, 2.75) is 51.9 Å². The minimum absolute atomic E-state index is 0.532. The van der Waals surface area contributed by atoms with Gasteiger partial charge in [-0.2, -0.15) is 10.1 Å². The van der Waals surface area contributed by atoms with Crippen LogP contribution >= 0.6 is 0 Å². The largest absolute Gasteiger partial charge is 0.311 e. The van der Waals surface area contributed by atoms with Crippen LogP contribution in [-0.2, 0) is 0 Å². The second-order valence-corrected chi connectivity index (χ2v) is 6.09. The number of hydroxylamine groups is 4. The van der Waals surface area contributed by atoms with E-state index in [1.807, 2.05) is 58.9 Å². The Kier molecular flexibility index (Phi) is 3.02. The summed E-state index contributed by atoms with van der Waals surface area (Å²) in [6, 6.07) is 7.83. The van der Waals surface area contributed by atoms with Crippen molar-refractivity contribution in [3.8, 4) is 0 Å². The Bertz CT molecular complexity index is 420. The van der Waals surface area contributed by atoms with Gasteiger partial charge in [-0.1, -0.05) is 29.8 Å². The minimum atomic E-state index is -0.544. The standard InChI is InChI=1S/C14H22N2O2/c1-10-6-8-11(9-7-10)12-15(17)13(2,3)14(4,5)16(12)18/h6-9,12,17-18H,1-5H3. The van der Waals surface area contributed by atoms with Crippen LogP contribution in [0.5, 0.6) is 0 Å². The van der Waals surface area contributed by atoms with Gasteiger partial charge in [-0.15, -0.1) is 0 Å². The van der Waals surface area contributed by atoms with Gasteiger partial charge in [0.05, 0.1) is 11.1 Å². The molecular formula is C14H22N2O2. The fourth-order valence-corrected chi connectivity index (χ4v) is 2.30. The molecule has 1 saturated heterocycles. The van der Waals surface area contributed by atoms with Gasteiger partial charge in [0.15, 0.2) is 0 Å². The van der Waals surface area contributed by atoms with E-state index in [-0.39, 0.29) is 0 Å². The minimum Gasteiger partial charge on any atom is -0.311 e. The first-order valence-electron chi connectivity index (χ1n) is 6.22. The third-order valence-electron chi connectivity index (χ3n) is 4.48. The topological polar surface area (TPSA) is 46.9 Å². The number of hydrogen-bond acceptors (Lipinski definition) is 4. The molecular weight excluding hydrogens is 228 g/mol. The third kappa shape index (κ3) is 1.68. The van der Waals surface area contributed by atoms with Crippen molar-refractivity contribution in [1.82, 2.24) is 10.1 Å². The molecule has 0 aliphatic carbocycles. The fourth-order valence-electron chi connectivity index (χ4n) is 2.30. The van der Waals surface area contributed by atoms with Crippen LogP contribution < -0.4 is 0 Å². The van der Waals surface area contributed by atoms with Crippen molar-refractivity contribution in [2.24, 2.45) is 0 Å². The molecule has 1 aromatic carbocycles. The summed E-state index contributed by atoms with van der Waals surface area (Å²) in [5.74, 6) is 0. The van der Waals surface area contributed by atoms with Gasteiger partial charge in [0.25, 0.3) is 0 Å². The molecule has 0 radical (unpaired) electrons. The van der Waals surface area contributed by atoms with Crippen LogP contribution in [-0.4, -0.2) is 31.6 Å². The molecule has 1 aliphatic heterocycles. The summed E-state index contributed by atoms with van der Waals surface area (Å²) in [5, 5.41) is 23.2. The van der Waals surface area contributed by atoms with E-state index >= 15 is 0 Å². The molecule has 0 unspecified atom stereocenters. The van der Waals surface area contributed by atoms with Gasteiger partial charge in [0.2, 0.25) is 0 Å². The summed E-state index contributed by atoms with van der Waals surface area (Å²) in [7, 11) is 0. The highest BCUT2D eigenvalue weighted by molar-refractivity contribution is 5.26. The third-order valence-corrected chi connectivity index (χ3v) is 4.48. The van der Waals surface area contributed by atoms with Crippen molar-refractivity contribution in [3.63, 3.8) is 0 Å². The molecule has 0 atom stereocenters. The van der Waals surface area contributed by atoms with E-state index in [1.54, 1.807) is 0 Å². The molecule has 1 aromatic rings. The highest BCUT2D eigenvalue weighted by Gasteiger charge is 2.58. The van der Waals surface area contributed by atoms with Gasteiger partial charge >= 0.3 is 0 Å². The summed E-state index contributed by atoms with van der Waals surface area (Å²) in [4.78, 5) is 0. The van der Waals surface area contributed by atoms with E-state index in [9.17, 15) is 10.4 Å². The van der Waals surface area contributed by atoms with Crippen LogP contribution in [0.4, 0.5) is 0 Å². The monoisotopic (exact) mass is 250 g/mol. The van der Waals surface area contributed by atoms with E-state index < -0.39 is 17.2 Å². The van der Waals surface area contributed by atoms with Crippen molar-refractivity contribution >= 4 is 0 Å². The highest BCUT2D eigenvalue weighted by atomic mass is 16.6. The van der Waals surface area contributed by atoms with Crippen LogP contribution in [0.1, 0.15) is 45.0 Å². The Labute approximate surface area is 108 Å². The molecule has 0 amide bonds. The van der Waals surface area contributed by atoms with E-state index in [2.05, 4.69) is 0 Å². The first-order valence-corrected chi connectivity index (χ1v) is 6.22. The molecule has 1 heterocycles. The molecule has 4 heteroatoms. The van der Waals surface area contributed by atoms with Crippen molar-refractivity contribution < 1.29 is 10.4 Å². The Balaban J connectivity index is 2.44. The van der Waals surface area contributed by atoms with E-state index in [0.717, 1.165) is 11.1 Å². The van der Waals surface area contributed by atoms with Crippen LogP contribution in [0.15, 0.2) is 24.3 Å². The predicted molar refractivity (Wildman–Crippen MR) is 69.3 cm³/mol. The SMILES string of the molecule is Cc1ccc(C2N(O)C(C)(C)C(C)(C)N2O)cc1. The molecule has 100 valence electrons. The second kappa shape index (κ2) is 4.03. The first-order chi connectivity index (χ1) is 8.19.